The molecule has 1 aliphatic rings. The molecule has 0 aliphatic carbocycles. The summed E-state index contributed by atoms with van der Waals surface area (Å²) in [4.78, 5) is 12.9. The molecule has 0 aromatic carbocycles. The molecule has 0 saturated carbocycles. The fourth-order valence-corrected chi connectivity index (χ4v) is 1.41. The van der Waals surface area contributed by atoms with Gasteiger partial charge in [-0.25, -0.2) is 0 Å². The maximum Gasteiger partial charge on any atom is 0.237 e. The molecule has 0 aromatic heterocycles. The predicted octanol–water partition coefficient (Wildman–Crippen LogP) is 0.0455. The van der Waals surface area contributed by atoms with Crippen molar-refractivity contribution < 1.29 is 4.79 Å². The molecule has 0 spiro atoms. The van der Waals surface area contributed by atoms with Crippen molar-refractivity contribution in [2.24, 2.45) is 0 Å². The monoisotopic (exact) mass is 176 g/mol. The zero-order valence-corrected chi connectivity index (χ0v) is 7.40. The molecule has 1 aliphatic heterocycles. The Morgan fingerprint density at radius 1 is 1.82 bits per heavy atom. The number of amides is 1. The van der Waals surface area contributed by atoms with E-state index in [1.54, 1.807) is 4.90 Å². The summed E-state index contributed by atoms with van der Waals surface area (Å²) >= 11 is 5.42. The minimum absolute atomic E-state index is 0.0417. The highest BCUT2D eigenvalue weighted by atomic mass is 35.5. The van der Waals surface area contributed by atoms with E-state index in [0.717, 1.165) is 19.6 Å². The van der Waals surface area contributed by atoms with E-state index < -0.39 is 0 Å². The van der Waals surface area contributed by atoms with Crippen molar-refractivity contribution in [1.82, 2.24) is 10.2 Å². The van der Waals surface area contributed by atoms with Crippen molar-refractivity contribution in [1.29, 1.82) is 0 Å². The van der Waals surface area contributed by atoms with Crippen molar-refractivity contribution in [3.8, 4) is 0 Å². The van der Waals surface area contributed by atoms with Crippen LogP contribution in [0.2, 0.25) is 0 Å². The van der Waals surface area contributed by atoms with Crippen molar-refractivity contribution in [2.45, 2.75) is 13.0 Å². The fraction of sp³-hybridized carbons (Fsp3) is 0.857. The normalized spacial score (nSPS) is 25.3. The van der Waals surface area contributed by atoms with Crippen LogP contribution < -0.4 is 5.32 Å². The molecular formula is C7H13ClN2O. The molecular weight excluding hydrogens is 164 g/mol. The standard InChI is InChI=1S/C7H13ClN2O/c1-6-5-10(3-2-9-6)7(11)4-8/h6,9H,2-5H2,1H3. The molecule has 1 atom stereocenters. The lowest BCUT2D eigenvalue weighted by molar-refractivity contribution is -0.129. The molecule has 4 heteroatoms. The molecule has 1 amide bonds. The van der Waals surface area contributed by atoms with Gasteiger partial charge in [0.1, 0.15) is 5.88 Å². The first-order valence-corrected chi connectivity index (χ1v) is 4.34. The van der Waals surface area contributed by atoms with Gasteiger partial charge in [-0.1, -0.05) is 0 Å². The first kappa shape index (κ1) is 8.81. The molecule has 1 heterocycles. The Morgan fingerprint density at radius 3 is 3.09 bits per heavy atom. The number of carbonyl (C=O) groups is 1. The Balaban J connectivity index is 2.39. The number of nitrogens with zero attached hydrogens (tertiary/aromatic N) is 1. The van der Waals surface area contributed by atoms with Gasteiger partial charge in [-0.05, 0) is 6.92 Å². The Morgan fingerprint density at radius 2 is 2.55 bits per heavy atom. The Hall–Kier alpha value is -0.280. The van der Waals surface area contributed by atoms with E-state index in [1.807, 2.05) is 0 Å². The molecule has 3 nitrogen and oxygen atoms in total. The highest BCUT2D eigenvalue weighted by Crippen LogP contribution is 1.99. The first-order valence-electron chi connectivity index (χ1n) is 3.81. The summed E-state index contributed by atoms with van der Waals surface area (Å²) in [7, 11) is 0. The van der Waals surface area contributed by atoms with Gasteiger partial charge in [0.15, 0.2) is 0 Å². The third-order valence-corrected chi connectivity index (χ3v) is 2.06. The van der Waals surface area contributed by atoms with E-state index in [9.17, 15) is 4.79 Å². The molecule has 1 fully saturated rings. The van der Waals surface area contributed by atoms with E-state index in [2.05, 4.69) is 12.2 Å². The van der Waals surface area contributed by atoms with Gasteiger partial charge in [-0.3, -0.25) is 4.79 Å². The fourth-order valence-electron chi connectivity index (χ4n) is 1.24. The largest absolute Gasteiger partial charge is 0.339 e. The summed E-state index contributed by atoms with van der Waals surface area (Å²) < 4.78 is 0. The van der Waals surface area contributed by atoms with Crippen LogP contribution in [-0.2, 0) is 4.79 Å². The topological polar surface area (TPSA) is 32.3 Å². The molecule has 1 N–H and O–H groups in total. The minimum Gasteiger partial charge on any atom is -0.339 e. The summed E-state index contributed by atoms with van der Waals surface area (Å²) in [6.07, 6.45) is 0. The van der Waals surface area contributed by atoms with Gasteiger partial charge in [0.25, 0.3) is 0 Å². The molecule has 0 aromatic rings. The number of hydrogen-bond donors (Lipinski definition) is 1. The molecule has 11 heavy (non-hydrogen) atoms. The van der Waals surface area contributed by atoms with Gasteiger partial charge in [-0.2, -0.15) is 0 Å². The van der Waals surface area contributed by atoms with Crippen LogP contribution in [-0.4, -0.2) is 42.4 Å². The van der Waals surface area contributed by atoms with Gasteiger partial charge in [0, 0.05) is 25.7 Å². The summed E-state index contributed by atoms with van der Waals surface area (Å²) in [5, 5.41) is 3.25. The van der Waals surface area contributed by atoms with Gasteiger partial charge in [-0.15, -0.1) is 11.6 Å². The number of halogens is 1. The average molecular weight is 177 g/mol. The third kappa shape index (κ3) is 2.34. The van der Waals surface area contributed by atoms with E-state index in [4.69, 9.17) is 11.6 Å². The van der Waals surface area contributed by atoms with Crippen LogP contribution in [0.3, 0.4) is 0 Å². The van der Waals surface area contributed by atoms with Crippen molar-refractivity contribution in [3.63, 3.8) is 0 Å². The second kappa shape index (κ2) is 3.93. The van der Waals surface area contributed by atoms with Crippen LogP contribution in [0.5, 0.6) is 0 Å². The highest BCUT2D eigenvalue weighted by Gasteiger charge is 2.18. The SMILES string of the molecule is CC1CN(C(=O)CCl)CCN1. The van der Waals surface area contributed by atoms with Gasteiger partial charge < -0.3 is 10.2 Å². The van der Waals surface area contributed by atoms with Gasteiger partial charge in [0.2, 0.25) is 5.91 Å². The number of rotatable bonds is 1. The van der Waals surface area contributed by atoms with Crippen LogP contribution in [0.4, 0.5) is 0 Å². The first-order chi connectivity index (χ1) is 5.24. The second-order valence-electron chi connectivity index (χ2n) is 2.83. The average Bonchev–Trinajstić information content (AvgIpc) is 2.03. The van der Waals surface area contributed by atoms with Crippen molar-refractivity contribution >= 4 is 17.5 Å². The van der Waals surface area contributed by atoms with Crippen LogP contribution >= 0.6 is 11.6 Å². The maximum absolute atomic E-state index is 11.1. The van der Waals surface area contributed by atoms with E-state index in [1.165, 1.54) is 0 Å². The molecule has 1 unspecified atom stereocenters. The molecule has 1 saturated heterocycles. The lowest BCUT2D eigenvalue weighted by Crippen LogP contribution is -2.51. The van der Waals surface area contributed by atoms with Crippen LogP contribution in [0.1, 0.15) is 6.92 Å². The molecule has 1 rings (SSSR count). The zero-order chi connectivity index (χ0) is 8.27. The summed E-state index contributed by atoms with van der Waals surface area (Å²) in [5.74, 6) is 0.146. The lowest BCUT2D eigenvalue weighted by atomic mass is 10.2. The lowest BCUT2D eigenvalue weighted by Gasteiger charge is -2.31. The van der Waals surface area contributed by atoms with Crippen molar-refractivity contribution in [2.75, 3.05) is 25.5 Å². The Labute approximate surface area is 71.7 Å². The van der Waals surface area contributed by atoms with E-state index in [-0.39, 0.29) is 11.8 Å². The Kier molecular flexibility index (Phi) is 3.15. The van der Waals surface area contributed by atoms with E-state index in [0.29, 0.717) is 6.04 Å². The number of carbonyl (C=O) groups excluding carboxylic acids is 1. The summed E-state index contributed by atoms with van der Waals surface area (Å²) in [5.41, 5.74) is 0. The predicted molar refractivity (Wildman–Crippen MR) is 44.8 cm³/mol. The van der Waals surface area contributed by atoms with E-state index >= 15 is 0 Å². The Bertz CT molecular complexity index is 151. The van der Waals surface area contributed by atoms with Gasteiger partial charge in [0.05, 0.1) is 0 Å². The maximum atomic E-state index is 11.1. The number of alkyl halides is 1. The minimum atomic E-state index is 0.0417. The number of hydrogen-bond acceptors (Lipinski definition) is 2. The third-order valence-electron chi connectivity index (χ3n) is 1.84. The quantitative estimate of drug-likeness (QED) is 0.573. The van der Waals surface area contributed by atoms with Crippen LogP contribution in [0.25, 0.3) is 0 Å². The highest BCUT2D eigenvalue weighted by molar-refractivity contribution is 6.27. The smallest absolute Gasteiger partial charge is 0.237 e. The van der Waals surface area contributed by atoms with Gasteiger partial charge >= 0.3 is 0 Å². The molecule has 0 radical (unpaired) electrons. The van der Waals surface area contributed by atoms with Crippen molar-refractivity contribution in [3.05, 3.63) is 0 Å². The summed E-state index contributed by atoms with van der Waals surface area (Å²) in [6.45, 7) is 4.51. The second-order valence-corrected chi connectivity index (χ2v) is 3.10. The molecule has 0 bridgehead atoms. The zero-order valence-electron chi connectivity index (χ0n) is 6.64. The van der Waals surface area contributed by atoms with Crippen LogP contribution in [0, 0.1) is 0 Å². The number of piperazine rings is 1. The number of nitrogens with one attached hydrogen (secondary N) is 1. The summed E-state index contributed by atoms with van der Waals surface area (Å²) in [6, 6.07) is 0.399. The van der Waals surface area contributed by atoms with Crippen LogP contribution in [0.15, 0.2) is 0 Å². The molecule has 64 valence electrons.